The van der Waals surface area contributed by atoms with Gasteiger partial charge in [-0.05, 0) is 36.8 Å². The van der Waals surface area contributed by atoms with Crippen molar-refractivity contribution in [2.75, 3.05) is 5.32 Å². The number of nitrogens with zero attached hydrogens (tertiary/aromatic N) is 2. The van der Waals surface area contributed by atoms with E-state index in [4.69, 9.17) is 5.10 Å². The van der Waals surface area contributed by atoms with E-state index >= 15 is 0 Å². The predicted molar refractivity (Wildman–Crippen MR) is 130 cm³/mol. The summed E-state index contributed by atoms with van der Waals surface area (Å²) in [6.07, 6.45) is 2.19. The zero-order valence-corrected chi connectivity index (χ0v) is 18.7. The molecule has 2 amide bonds. The molecule has 0 saturated heterocycles. The van der Waals surface area contributed by atoms with E-state index in [9.17, 15) is 9.59 Å². The number of carbonyl (C=O) groups is 2. The first-order valence-corrected chi connectivity index (χ1v) is 11.0. The van der Waals surface area contributed by atoms with E-state index in [0.717, 1.165) is 22.5 Å². The SMILES string of the molecule is CCC(=O)Nc1ccc(C(C)NC(=O)c2cn(-c3ccccc3)nc2-c2ccccc2)cc1. The lowest BCUT2D eigenvalue weighted by molar-refractivity contribution is -0.115. The van der Waals surface area contributed by atoms with Gasteiger partial charge >= 0.3 is 0 Å². The minimum Gasteiger partial charge on any atom is -0.345 e. The molecule has 0 aliphatic rings. The molecule has 1 atom stereocenters. The lowest BCUT2D eigenvalue weighted by atomic mass is 10.1. The summed E-state index contributed by atoms with van der Waals surface area (Å²) in [5, 5.41) is 10.6. The predicted octanol–water partition coefficient (Wildman–Crippen LogP) is 5.38. The Bertz CT molecular complexity index is 1230. The van der Waals surface area contributed by atoms with E-state index in [2.05, 4.69) is 10.6 Å². The number of aromatic nitrogens is 2. The van der Waals surface area contributed by atoms with E-state index in [1.165, 1.54) is 0 Å². The van der Waals surface area contributed by atoms with Crippen molar-refractivity contribution < 1.29 is 9.59 Å². The van der Waals surface area contributed by atoms with Crippen molar-refractivity contribution in [1.82, 2.24) is 15.1 Å². The molecule has 6 heteroatoms. The maximum Gasteiger partial charge on any atom is 0.255 e. The van der Waals surface area contributed by atoms with Gasteiger partial charge in [-0.15, -0.1) is 0 Å². The van der Waals surface area contributed by atoms with Crippen LogP contribution in [0.15, 0.2) is 91.1 Å². The lowest BCUT2D eigenvalue weighted by Crippen LogP contribution is -2.26. The summed E-state index contributed by atoms with van der Waals surface area (Å²) in [6, 6.07) is 26.7. The van der Waals surface area contributed by atoms with Gasteiger partial charge in [-0.3, -0.25) is 9.59 Å². The van der Waals surface area contributed by atoms with Crippen molar-refractivity contribution in [2.45, 2.75) is 26.3 Å². The Hall–Kier alpha value is -4.19. The van der Waals surface area contributed by atoms with Crippen LogP contribution < -0.4 is 10.6 Å². The number of hydrogen-bond donors (Lipinski definition) is 2. The third-order valence-electron chi connectivity index (χ3n) is 5.39. The van der Waals surface area contributed by atoms with Crippen molar-refractivity contribution in [3.05, 3.63) is 102 Å². The third-order valence-corrected chi connectivity index (χ3v) is 5.39. The van der Waals surface area contributed by atoms with Gasteiger partial charge in [-0.2, -0.15) is 5.10 Å². The minimum absolute atomic E-state index is 0.0343. The van der Waals surface area contributed by atoms with Crippen LogP contribution >= 0.6 is 0 Å². The van der Waals surface area contributed by atoms with Gasteiger partial charge in [0.15, 0.2) is 0 Å². The van der Waals surface area contributed by atoms with E-state index < -0.39 is 0 Å². The summed E-state index contributed by atoms with van der Waals surface area (Å²) in [5.74, 6) is -0.236. The largest absolute Gasteiger partial charge is 0.345 e. The second-order valence-corrected chi connectivity index (χ2v) is 7.76. The molecule has 1 aromatic heterocycles. The van der Waals surface area contributed by atoms with Gasteiger partial charge in [0.05, 0.1) is 17.3 Å². The molecule has 4 aromatic rings. The molecule has 0 radical (unpaired) electrons. The molecular formula is C27H26N4O2. The van der Waals surface area contributed by atoms with Crippen molar-refractivity contribution in [3.8, 4) is 16.9 Å². The highest BCUT2D eigenvalue weighted by Gasteiger charge is 2.20. The van der Waals surface area contributed by atoms with Crippen molar-refractivity contribution in [1.29, 1.82) is 0 Å². The number of amides is 2. The van der Waals surface area contributed by atoms with Gasteiger partial charge in [0.1, 0.15) is 5.69 Å². The highest BCUT2D eigenvalue weighted by molar-refractivity contribution is 6.00. The van der Waals surface area contributed by atoms with Crippen LogP contribution in [0.4, 0.5) is 5.69 Å². The number of benzene rings is 3. The van der Waals surface area contributed by atoms with Crippen LogP contribution in [0.3, 0.4) is 0 Å². The third kappa shape index (κ3) is 5.18. The second kappa shape index (κ2) is 9.96. The van der Waals surface area contributed by atoms with E-state index in [1.54, 1.807) is 10.9 Å². The van der Waals surface area contributed by atoms with E-state index in [1.807, 2.05) is 98.8 Å². The quantitative estimate of drug-likeness (QED) is 0.407. The monoisotopic (exact) mass is 438 g/mol. The number of para-hydroxylation sites is 1. The first-order chi connectivity index (χ1) is 16.0. The molecule has 6 nitrogen and oxygen atoms in total. The van der Waals surface area contributed by atoms with E-state index in [-0.39, 0.29) is 17.9 Å². The summed E-state index contributed by atoms with van der Waals surface area (Å²) in [7, 11) is 0. The molecule has 0 aliphatic carbocycles. The second-order valence-electron chi connectivity index (χ2n) is 7.76. The zero-order valence-electron chi connectivity index (χ0n) is 18.7. The number of rotatable bonds is 7. The van der Waals surface area contributed by atoms with E-state index in [0.29, 0.717) is 17.7 Å². The number of anilines is 1. The average Bonchev–Trinajstić information content (AvgIpc) is 3.31. The van der Waals surface area contributed by atoms with Crippen LogP contribution in [0.2, 0.25) is 0 Å². The normalized spacial score (nSPS) is 11.6. The first-order valence-electron chi connectivity index (χ1n) is 11.0. The van der Waals surface area contributed by atoms with Crippen LogP contribution in [0.1, 0.15) is 42.2 Å². The maximum absolute atomic E-state index is 13.3. The Labute approximate surface area is 193 Å². The number of hydrogen-bond acceptors (Lipinski definition) is 3. The highest BCUT2D eigenvalue weighted by Crippen LogP contribution is 2.25. The zero-order chi connectivity index (χ0) is 23.2. The Morgan fingerprint density at radius 3 is 2.18 bits per heavy atom. The molecule has 0 spiro atoms. The molecule has 1 heterocycles. The standard InChI is InChI=1S/C27H26N4O2/c1-3-25(32)29-22-16-14-20(15-17-22)19(2)28-27(33)24-18-31(23-12-8-5-9-13-23)30-26(24)21-10-6-4-7-11-21/h4-19H,3H2,1-2H3,(H,28,33)(H,29,32). The fraction of sp³-hybridized carbons (Fsp3) is 0.148. The smallest absolute Gasteiger partial charge is 0.255 e. The number of nitrogens with one attached hydrogen (secondary N) is 2. The molecule has 0 aliphatic heterocycles. The topological polar surface area (TPSA) is 76.0 Å². The Morgan fingerprint density at radius 1 is 0.909 bits per heavy atom. The minimum atomic E-state index is -0.225. The number of carbonyl (C=O) groups excluding carboxylic acids is 2. The van der Waals surface area contributed by atoms with Gasteiger partial charge in [0, 0.05) is 23.9 Å². The molecule has 3 aromatic carbocycles. The summed E-state index contributed by atoms with van der Waals surface area (Å²) < 4.78 is 1.73. The molecule has 33 heavy (non-hydrogen) atoms. The fourth-order valence-electron chi connectivity index (χ4n) is 3.52. The average molecular weight is 439 g/mol. The van der Waals surface area contributed by atoms with Crippen molar-refractivity contribution in [2.24, 2.45) is 0 Å². The van der Waals surface area contributed by atoms with Gasteiger partial charge < -0.3 is 10.6 Å². The van der Waals surface area contributed by atoms with Crippen LogP contribution in [0.5, 0.6) is 0 Å². The van der Waals surface area contributed by atoms with Gasteiger partial charge in [0.2, 0.25) is 5.91 Å². The summed E-state index contributed by atoms with van der Waals surface area (Å²) in [6.45, 7) is 3.74. The summed E-state index contributed by atoms with van der Waals surface area (Å²) in [4.78, 5) is 24.9. The Kier molecular flexibility index (Phi) is 6.64. The highest BCUT2D eigenvalue weighted by atomic mass is 16.2. The van der Waals surface area contributed by atoms with Crippen LogP contribution in [-0.4, -0.2) is 21.6 Å². The summed E-state index contributed by atoms with van der Waals surface area (Å²) >= 11 is 0. The Morgan fingerprint density at radius 2 is 1.55 bits per heavy atom. The Balaban J connectivity index is 1.58. The molecule has 1 unspecified atom stereocenters. The molecular weight excluding hydrogens is 412 g/mol. The maximum atomic E-state index is 13.3. The lowest BCUT2D eigenvalue weighted by Gasteiger charge is -2.15. The van der Waals surface area contributed by atoms with Crippen LogP contribution in [0, 0.1) is 0 Å². The van der Waals surface area contributed by atoms with Gasteiger partial charge in [0.25, 0.3) is 5.91 Å². The molecule has 0 fully saturated rings. The van der Waals surface area contributed by atoms with Gasteiger partial charge in [-0.25, -0.2) is 4.68 Å². The van der Waals surface area contributed by atoms with Crippen molar-refractivity contribution >= 4 is 17.5 Å². The van der Waals surface area contributed by atoms with Crippen molar-refractivity contribution in [3.63, 3.8) is 0 Å². The summed E-state index contributed by atoms with van der Waals surface area (Å²) in [5.41, 5.74) is 4.56. The molecule has 4 rings (SSSR count). The molecule has 0 bridgehead atoms. The molecule has 2 N–H and O–H groups in total. The van der Waals surface area contributed by atoms with Crippen LogP contribution in [0.25, 0.3) is 16.9 Å². The fourth-order valence-corrected chi connectivity index (χ4v) is 3.52. The first kappa shape index (κ1) is 22.0. The van der Waals surface area contributed by atoms with Gasteiger partial charge in [-0.1, -0.05) is 67.6 Å². The molecule has 0 saturated carbocycles. The molecule has 166 valence electrons. The van der Waals surface area contributed by atoms with Crippen LogP contribution in [-0.2, 0) is 4.79 Å².